The maximum Gasteiger partial charge on any atom is 0.167 e. The molecule has 0 bridgehead atoms. The van der Waals surface area contributed by atoms with Crippen LogP contribution in [-0.4, -0.2) is 51.1 Å². The smallest absolute Gasteiger partial charge is 0.167 e. The lowest BCUT2D eigenvalue weighted by Gasteiger charge is -2.14. The minimum atomic E-state index is -0.778. The number of aliphatic hydroxyl groups is 1. The number of phenols is 1. The van der Waals surface area contributed by atoms with Crippen LogP contribution in [0.15, 0.2) is 127 Å². The highest BCUT2D eigenvalue weighted by Gasteiger charge is 2.16. The van der Waals surface area contributed by atoms with Crippen LogP contribution in [-0.2, 0) is 4.74 Å². The lowest BCUT2D eigenvalue weighted by molar-refractivity contribution is 0.0109. The fourth-order valence-corrected chi connectivity index (χ4v) is 6.58. The minimum absolute atomic E-state index is 0.0360. The predicted octanol–water partition coefficient (Wildman–Crippen LogP) is 11.6. The summed E-state index contributed by atoms with van der Waals surface area (Å²) < 4.78 is 11.5. The van der Waals surface area contributed by atoms with E-state index in [1.165, 1.54) is 57.4 Å². The quantitative estimate of drug-likeness (QED) is 0.0710. The molecule has 2 N–H and O–H groups in total. The van der Waals surface area contributed by atoms with Gasteiger partial charge in [-0.05, 0) is 40.8 Å². The second kappa shape index (κ2) is 20.9. The molecular formula is C48H53N3O4. The van der Waals surface area contributed by atoms with Gasteiger partial charge in [0.25, 0.3) is 0 Å². The molecule has 0 aliphatic carbocycles. The molecule has 1 aromatic heterocycles. The third kappa shape index (κ3) is 11.8. The zero-order valence-electron chi connectivity index (χ0n) is 31.9. The van der Waals surface area contributed by atoms with Gasteiger partial charge in [-0.25, -0.2) is 15.0 Å². The number of benzene rings is 5. The third-order valence-corrected chi connectivity index (χ3v) is 9.74. The first kappa shape index (κ1) is 39.3. The molecule has 284 valence electrons. The molecule has 0 amide bonds. The van der Waals surface area contributed by atoms with Gasteiger partial charge in [-0.3, -0.25) is 0 Å². The Balaban J connectivity index is 1.10. The highest BCUT2D eigenvalue weighted by Crippen LogP contribution is 2.34. The first-order chi connectivity index (χ1) is 27.1. The molecule has 5 aromatic carbocycles. The van der Waals surface area contributed by atoms with Crippen LogP contribution in [0.2, 0.25) is 0 Å². The van der Waals surface area contributed by atoms with Gasteiger partial charge in [-0.15, -0.1) is 0 Å². The van der Waals surface area contributed by atoms with Crippen LogP contribution in [0, 0.1) is 0 Å². The number of aromatic hydroxyl groups is 1. The Morgan fingerprint density at radius 3 is 1.45 bits per heavy atom. The first-order valence-corrected chi connectivity index (χ1v) is 19.9. The van der Waals surface area contributed by atoms with E-state index >= 15 is 0 Å². The lowest BCUT2D eigenvalue weighted by Crippen LogP contribution is -2.23. The van der Waals surface area contributed by atoms with Gasteiger partial charge >= 0.3 is 0 Å². The van der Waals surface area contributed by atoms with E-state index in [-0.39, 0.29) is 19.0 Å². The number of hydrogen-bond donors (Lipinski definition) is 2. The van der Waals surface area contributed by atoms with Crippen molar-refractivity contribution in [3.63, 3.8) is 0 Å². The van der Waals surface area contributed by atoms with Gasteiger partial charge in [0.15, 0.2) is 17.5 Å². The summed E-state index contributed by atoms with van der Waals surface area (Å²) in [6, 6.07) is 41.7. The van der Waals surface area contributed by atoms with Gasteiger partial charge in [0.05, 0.1) is 12.2 Å². The van der Waals surface area contributed by atoms with E-state index in [1.807, 2.05) is 60.7 Å². The summed E-state index contributed by atoms with van der Waals surface area (Å²) in [5.41, 5.74) is 6.54. The molecule has 6 aromatic rings. The standard InChI is InChI=1S/C48H53N3O4/c1-2-3-4-5-6-7-8-9-10-17-32-54-34-42(52)35-55-43-30-31-44(45(53)33-43)48-50-46(40-26-22-38(23-27-40)36-18-13-11-14-19-36)49-47(51-48)41-28-24-39(25-29-41)37-20-15-12-16-21-37/h11-16,18-31,33,42,52-53H,2-10,17,32,34-35H2,1H3. The van der Waals surface area contributed by atoms with Gasteiger partial charge in [0.2, 0.25) is 0 Å². The molecule has 0 aliphatic heterocycles. The zero-order chi connectivity index (χ0) is 38.1. The highest BCUT2D eigenvalue weighted by molar-refractivity contribution is 5.73. The zero-order valence-corrected chi connectivity index (χ0v) is 31.9. The second-order valence-electron chi connectivity index (χ2n) is 14.1. The van der Waals surface area contributed by atoms with Crippen molar-refractivity contribution < 1.29 is 19.7 Å². The van der Waals surface area contributed by atoms with Crippen LogP contribution in [0.25, 0.3) is 56.4 Å². The average molecular weight is 736 g/mol. The molecule has 7 nitrogen and oxygen atoms in total. The molecule has 0 saturated carbocycles. The first-order valence-electron chi connectivity index (χ1n) is 19.9. The second-order valence-corrected chi connectivity index (χ2v) is 14.1. The molecule has 1 heterocycles. The lowest BCUT2D eigenvalue weighted by atomic mass is 10.0. The molecule has 0 radical (unpaired) electrons. The number of aliphatic hydroxyl groups excluding tert-OH is 1. The van der Waals surface area contributed by atoms with Crippen LogP contribution in [0.3, 0.4) is 0 Å². The Bertz CT molecular complexity index is 1920. The van der Waals surface area contributed by atoms with E-state index in [0.29, 0.717) is 35.4 Å². The summed E-state index contributed by atoms with van der Waals surface area (Å²) >= 11 is 0. The average Bonchev–Trinajstić information content (AvgIpc) is 3.24. The van der Waals surface area contributed by atoms with E-state index in [9.17, 15) is 10.2 Å². The van der Waals surface area contributed by atoms with Gasteiger partial charge in [0.1, 0.15) is 24.2 Å². The largest absolute Gasteiger partial charge is 0.507 e. The van der Waals surface area contributed by atoms with Crippen molar-refractivity contribution in [3.05, 3.63) is 127 Å². The van der Waals surface area contributed by atoms with Crippen molar-refractivity contribution in [2.45, 2.75) is 77.2 Å². The Hall–Kier alpha value is -5.37. The molecule has 0 fully saturated rings. The van der Waals surface area contributed by atoms with Gasteiger partial charge < -0.3 is 19.7 Å². The van der Waals surface area contributed by atoms with Gasteiger partial charge in [-0.2, -0.15) is 0 Å². The molecular weight excluding hydrogens is 683 g/mol. The van der Waals surface area contributed by atoms with E-state index in [2.05, 4.69) is 55.5 Å². The van der Waals surface area contributed by atoms with Gasteiger partial charge in [0, 0.05) is 23.8 Å². The number of hydrogen-bond acceptors (Lipinski definition) is 7. The van der Waals surface area contributed by atoms with Crippen LogP contribution < -0.4 is 4.74 Å². The Kier molecular flexibility index (Phi) is 15.0. The highest BCUT2D eigenvalue weighted by atomic mass is 16.5. The van der Waals surface area contributed by atoms with E-state index in [1.54, 1.807) is 12.1 Å². The normalized spacial score (nSPS) is 11.7. The molecule has 0 spiro atoms. The number of unbranched alkanes of at least 4 members (excludes halogenated alkanes) is 9. The number of nitrogens with zero attached hydrogens (tertiary/aromatic N) is 3. The Morgan fingerprint density at radius 2 is 0.945 bits per heavy atom. The number of ether oxygens (including phenoxy) is 2. The fourth-order valence-electron chi connectivity index (χ4n) is 6.58. The van der Waals surface area contributed by atoms with Gasteiger partial charge in [-0.1, -0.05) is 174 Å². The molecule has 1 atom stereocenters. The molecule has 55 heavy (non-hydrogen) atoms. The minimum Gasteiger partial charge on any atom is -0.507 e. The SMILES string of the molecule is CCCCCCCCCCCCOCC(O)COc1ccc(-c2nc(-c3ccc(-c4ccccc4)cc3)nc(-c3ccc(-c4ccccc4)cc3)n2)c(O)c1. The number of phenolic OH excluding ortho intramolecular Hbond substituents is 1. The van der Waals surface area contributed by atoms with E-state index < -0.39 is 6.10 Å². The van der Waals surface area contributed by atoms with E-state index in [0.717, 1.165) is 46.2 Å². The molecule has 1 unspecified atom stereocenters. The van der Waals surface area contributed by atoms with Crippen molar-refractivity contribution in [2.24, 2.45) is 0 Å². The van der Waals surface area contributed by atoms with Crippen molar-refractivity contribution >= 4 is 0 Å². The van der Waals surface area contributed by atoms with E-state index in [4.69, 9.17) is 24.4 Å². The molecule has 6 rings (SSSR count). The summed E-state index contributed by atoms with van der Waals surface area (Å²) in [5, 5.41) is 21.7. The summed E-state index contributed by atoms with van der Waals surface area (Å²) in [5.74, 6) is 1.71. The maximum absolute atomic E-state index is 11.2. The van der Waals surface area contributed by atoms with Crippen LogP contribution >= 0.6 is 0 Å². The van der Waals surface area contributed by atoms with Crippen molar-refractivity contribution in [1.29, 1.82) is 0 Å². The fraction of sp³-hybridized carbons (Fsp3) is 0.312. The monoisotopic (exact) mass is 735 g/mol. The predicted molar refractivity (Wildman–Crippen MR) is 223 cm³/mol. The van der Waals surface area contributed by atoms with Crippen LogP contribution in [0.1, 0.15) is 71.1 Å². The summed E-state index contributed by atoms with van der Waals surface area (Å²) in [4.78, 5) is 14.6. The number of rotatable bonds is 21. The van der Waals surface area contributed by atoms with Crippen LogP contribution in [0.5, 0.6) is 11.5 Å². The number of aromatic nitrogens is 3. The Morgan fingerprint density at radius 1 is 0.491 bits per heavy atom. The topological polar surface area (TPSA) is 97.6 Å². The van der Waals surface area contributed by atoms with Crippen molar-refractivity contribution in [3.8, 4) is 67.9 Å². The summed E-state index contributed by atoms with van der Waals surface area (Å²) in [6.45, 7) is 3.14. The van der Waals surface area contributed by atoms with Crippen LogP contribution in [0.4, 0.5) is 0 Å². The maximum atomic E-state index is 11.2. The van der Waals surface area contributed by atoms with Crippen molar-refractivity contribution in [1.82, 2.24) is 15.0 Å². The third-order valence-electron chi connectivity index (χ3n) is 9.74. The molecule has 0 saturated heterocycles. The molecule has 7 heteroatoms. The molecule has 0 aliphatic rings. The summed E-state index contributed by atoms with van der Waals surface area (Å²) in [7, 11) is 0. The van der Waals surface area contributed by atoms with Crippen molar-refractivity contribution in [2.75, 3.05) is 19.8 Å². The summed E-state index contributed by atoms with van der Waals surface area (Å²) in [6.07, 6.45) is 11.9. The Labute approximate surface area is 326 Å².